The first-order valence-electron chi connectivity index (χ1n) is 9.11. The van der Waals surface area contributed by atoms with Gasteiger partial charge < -0.3 is 15.4 Å². The fourth-order valence-electron chi connectivity index (χ4n) is 2.98. The van der Waals surface area contributed by atoms with Crippen LogP contribution >= 0.6 is 11.6 Å². The first kappa shape index (κ1) is 20.2. The van der Waals surface area contributed by atoms with E-state index in [0.717, 1.165) is 44.8 Å². The fourth-order valence-corrected chi connectivity index (χ4v) is 3.15. The molecule has 1 aliphatic rings. The molecule has 150 valence electrons. The Hall–Kier alpha value is -2.49. The van der Waals surface area contributed by atoms with Gasteiger partial charge in [-0.3, -0.25) is 15.0 Å². The van der Waals surface area contributed by atoms with Gasteiger partial charge in [-0.2, -0.15) is 0 Å². The first-order chi connectivity index (χ1) is 13.6. The zero-order valence-electron chi connectivity index (χ0n) is 15.7. The quantitative estimate of drug-likeness (QED) is 0.391. The molecule has 3 rings (SSSR count). The molecule has 1 aromatic carbocycles. The summed E-state index contributed by atoms with van der Waals surface area (Å²) < 4.78 is 5.33. The molecular weight excluding hydrogens is 384 g/mol. The predicted molar refractivity (Wildman–Crippen MR) is 109 cm³/mol. The second-order valence-corrected chi connectivity index (χ2v) is 6.86. The number of halogens is 1. The van der Waals surface area contributed by atoms with Crippen LogP contribution in [0.1, 0.15) is 12.0 Å². The van der Waals surface area contributed by atoms with Crippen LogP contribution in [-0.4, -0.2) is 59.2 Å². The maximum atomic E-state index is 11.7. The summed E-state index contributed by atoms with van der Waals surface area (Å²) in [7, 11) is 0. The van der Waals surface area contributed by atoms with Crippen LogP contribution in [0.4, 0.5) is 23.0 Å². The summed E-state index contributed by atoms with van der Waals surface area (Å²) in [6, 6.07) is 5.33. The smallest absolute Gasteiger partial charge is 0.353 e. The standard InChI is InChI=1S/C18H23ClN6O3/c1-13-14(19)4-2-5-15(13)23-18-16(25(26)27)17(21-12-22-18)20-6-3-7-24-8-10-28-11-9-24/h2,4-5,12H,3,6-11H2,1H3,(H2,20,21,22,23). The largest absolute Gasteiger partial charge is 0.379 e. The van der Waals surface area contributed by atoms with Crippen LogP contribution in [-0.2, 0) is 4.74 Å². The summed E-state index contributed by atoms with van der Waals surface area (Å²) in [6.07, 6.45) is 2.15. The van der Waals surface area contributed by atoms with Gasteiger partial charge in [0.25, 0.3) is 0 Å². The van der Waals surface area contributed by atoms with E-state index in [4.69, 9.17) is 16.3 Å². The minimum atomic E-state index is -0.480. The van der Waals surface area contributed by atoms with E-state index in [0.29, 0.717) is 17.3 Å². The van der Waals surface area contributed by atoms with Crippen LogP contribution in [0.5, 0.6) is 0 Å². The Labute approximate surface area is 168 Å². The van der Waals surface area contributed by atoms with E-state index in [-0.39, 0.29) is 17.3 Å². The van der Waals surface area contributed by atoms with Crippen molar-refractivity contribution in [2.45, 2.75) is 13.3 Å². The van der Waals surface area contributed by atoms with E-state index in [2.05, 4.69) is 25.5 Å². The Balaban J connectivity index is 1.68. The molecule has 9 nitrogen and oxygen atoms in total. The lowest BCUT2D eigenvalue weighted by molar-refractivity contribution is -0.383. The highest BCUT2D eigenvalue weighted by atomic mass is 35.5. The summed E-state index contributed by atoms with van der Waals surface area (Å²) >= 11 is 6.13. The highest BCUT2D eigenvalue weighted by molar-refractivity contribution is 6.31. The molecule has 1 aliphatic heterocycles. The summed E-state index contributed by atoms with van der Waals surface area (Å²) in [5.74, 6) is 0.324. The molecule has 10 heteroatoms. The van der Waals surface area contributed by atoms with Gasteiger partial charge in [0, 0.05) is 30.3 Å². The molecule has 2 aromatic rings. The van der Waals surface area contributed by atoms with Gasteiger partial charge in [-0.05, 0) is 37.6 Å². The van der Waals surface area contributed by atoms with Crippen molar-refractivity contribution in [3.05, 3.63) is 45.2 Å². The Morgan fingerprint density at radius 1 is 1.29 bits per heavy atom. The second-order valence-electron chi connectivity index (χ2n) is 6.45. The third-order valence-corrected chi connectivity index (χ3v) is 4.98. The van der Waals surface area contributed by atoms with Crippen molar-refractivity contribution in [2.75, 3.05) is 50.0 Å². The molecule has 0 aliphatic carbocycles. The first-order valence-corrected chi connectivity index (χ1v) is 9.49. The molecule has 0 unspecified atom stereocenters. The lowest BCUT2D eigenvalue weighted by Gasteiger charge is -2.26. The zero-order valence-corrected chi connectivity index (χ0v) is 16.4. The maximum Gasteiger partial charge on any atom is 0.353 e. The van der Waals surface area contributed by atoms with Crippen LogP contribution in [0.2, 0.25) is 5.02 Å². The van der Waals surface area contributed by atoms with Gasteiger partial charge in [0.05, 0.1) is 18.1 Å². The average Bonchev–Trinajstić information content (AvgIpc) is 2.69. The summed E-state index contributed by atoms with van der Waals surface area (Å²) in [5, 5.41) is 18.3. The number of ether oxygens (including phenoxy) is 1. The molecule has 0 bridgehead atoms. The number of aromatic nitrogens is 2. The number of hydrogen-bond donors (Lipinski definition) is 2. The van der Waals surface area contributed by atoms with Gasteiger partial charge in [-0.15, -0.1) is 0 Å². The third kappa shape index (κ3) is 5.06. The molecule has 0 amide bonds. The Morgan fingerprint density at radius 3 is 2.79 bits per heavy atom. The van der Waals surface area contributed by atoms with E-state index >= 15 is 0 Å². The molecule has 1 fully saturated rings. The molecule has 0 spiro atoms. The Morgan fingerprint density at radius 2 is 2.04 bits per heavy atom. The number of hydrogen-bond acceptors (Lipinski definition) is 8. The molecule has 2 N–H and O–H groups in total. The monoisotopic (exact) mass is 406 g/mol. The van der Waals surface area contributed by atoms with E-state index in [1.54, 1.807) is 18.2 Å². The molecule has 0 atom stereocenters. The Bertz CT molecular complexity index is 829. The lowest BCUT2D eigenvalue weighted by atomic mass is 10.2. The number of nitrogens with one attached hydrogen (secondary N) is 2. The SMILES string of the molecule is Cc1c(Cl)cccc1Nc1ncnc(NCCCN2CCOCC2)c1[N+](=O)[O-]. The van der Waals surface area contributed by atoms with Crippen molar-refractivity contribution in [1.29, 1.82) is 0 Å². The van der Waals surface area contributed by atoms with E-state index in [1.807, 2.05) is 6.92 Å². The van der Waals surface area contributed by atoms with Crippen molar-refractivity contribution >= 4 is 34.6 Å². The number of anilines is 3. The van der Waals surface area contributed by atoms with Gasteiger partial charge in [-0.25, -0.2) is 9.97 Å². The van der Waals surface area contributed by atoms with Crippen LogP contribution in [0.25, 0.3) is 0 Å². The van der Waals surface area contributed by atoms with Crippen molar-refractivity contribution in [3.63, 3.8) is 0 Å². The number of nitro groups is 1. The minimum absolute atomic E-state index is 0.126. The number of nitrogens with zero attached hydrogens (tertiary/aromatic N) is 4. The average molecular weight is 407 g/mol. The van der Waals surface area contributed by atoms with E-state index < -0.39 is 4.92 Å². The van der Waals surface area contributed by atoms with E-state index in [9.17, 15) is 10.1 Å². The van der Waals surface area contributed by atoms with Gasteiger partial charge in [-0.1, -0.05) is 17.7 Å². The molecule has 1 aromatic heterocycles. The summed E-state index contributed by atoms with van der Waals surface area (Å²) in [6.45, 7) is 6.66. The van der Waals surface area contributed by atoms with Crippen molar-refractivity contribution in [1.82, 2.24) is 14.9 Å². The molecule has 0 saturated carbocycles. The number of benzene rings is 1. The van der Waals surface area contributed by atoms with Crippen LogP contribution < -0.4 is 10.6 Å². The van der Waals surface area contributed by atoms with Crippen LogP contribution in [0, 0.1) is 17.0 Å². The minimum Gasteiger partial charge on any atom is -0.379 e. The van der Waals surface area contributed by atoms with Crippen LogP contribution in [0.3, 0.4) is 0 Å². The van der Waals surface area contributed by atoms with E-state index in [1.165, 1.54) is 6.33 Å². The normalized spacial score (nSPS) is 14.6. The van der Waals surface area contributed by atoms with Gasteiger partial charge >= 0.3 is 5.69 Å². The third-order valence-electron chi connectivity index (χ3n) is 4.57. The Kier molecular flexibility index (Phi) is 6.96. The van der Waals surface area contributed by atoms with Crippen LogP contribution in [0.15, 0.2) is 24.5 Å². The molecule has 1 saturated heterocycles. The van der Waals surface area contributed by atoms with Crippen molar-refractivity contribution in [3.8, 4) is 0 Å². The summed E-state index contributed by atoms with van der Waals surface area (Å²) in [4.78, 5) is 21.6. The highest BCUT2D eigenvalue weighted by Crippen LogP contribution is 2.33. The van der Waals surface area contributed by atoms with Crippen molar-refractivity contribution < 1.29 is 9.66 Å². The van der Waals surface area contributed by atoms with Gasteiger partial charge in [0.1, 0.15) is 6.33 Å². The fraction of sp³-hybridized carbons (Fsp3) is 0.444. The highest BCUT2D eigenvalue weighted by Gasteiger charge is 2.23. The second kappa shape index (κ2) is 9.63. The number of rotatable bonds is 8. The molecule has 28 heavy (non-hydrogen) atoms. The maximum absolute atomic E-state index is 11.7. The predicted octanol–water partition coefficient (Wildman–Crippen LogP) is 3.22. The number of morpholine rings is 1. The van der Waals surface area contributed by atoms with Gasteiger partial charge in [0.15, 0.2) is 0 Å². The summed E-state index contributed by atoms with van der Waals surface area (Å²) in [5.41, 5.74) is 1.26. The zero-order chi connectivity index (χ0) is 19.9. The van der Waals surface area contributed by atoms with Gasteiger partial charge in [0.2, 0.25) is 11.6 Å². The molecule has 0 radical (unpaired) electrons. The molecule has 2 heterocycles. The van der Waals surface area contributed by atoms with Crippen molar-refractivity contribution in [2.24, 2.45) is 0 Å². The molecular formula is C18H23ClN6O3. The lowest BCUT2D eigenvalue weighted by Crippen LogP contribution is -2.37. The topological polar surface area (TPSA) is 105 Å².